The number of nitrogens with zero attached hydrogens (tertiary/aromatic N) is 1. The first kappa shape index (κ1) is 13.3. The van der Waals surface area contributed by atoms with Crippen LogP contribution in [0.25, 0.3) is 0 Å². The number of halogens is 3. The number of hydrogen-bond donors (Lipinski definition) is 1. The molecule has 0 saturated heterocycles. The number of carbonyl (C=O) groups is 1. The van der Waals surface area contributed by atoms with Gasteiger partial charge in [-0.2, -0.15) is 8.78 Å². The Morgan fingerprint density at radius 3 is 2.59 bits per heavy atom. The Labute approximate surface area is 101 Å². The lowest BCUT2D eigenvalue weighted by Gasteiger charge is -2.13. The van der Waals surface area contributed by atoms with E-state index in [0.717, 1.165) is 12.1 Å². The van der Waals surface area contributed by atoms with Crippen LogP contribution in [0.2, 0.25) is 0 Å². The Kier molecular flexibility index (Phi) is 3.61. The molecule has 17 heavy (non-hydrogen) atoms. The van der Waals surface area contributed by atoms with Gasteiger partial charge in [-0.15, -0.1) is 0 Å². The van der Waals surface area contributed by atoms with Crippen molar-refractivity contribution in [2.24, 2.45) is 0 Å². The number of nitro benzene ring substituents is 1. The fourth-order valence-corrected chi connectivity index (χ4v) is 1.19. The monoisotopic (exact) mass is 311 g/mol. The minimum Gasteiger partial charge on any atom is -0.474 e. The lowest BCUT2D eigenvalue weighted by molar-refractivity contribution is -0.385. The number of alkyl halides is 2. The van der Waals surface area contributed by atoms with Crippen molar-refractivity contribution in [2.45, 2.75) is 6.11 Å². The summed E-state index contributed by atoms with van der Waals surface area (Å²) in [7, 11) is 0. The minimum atomic E-state index is -4.46. The highest BCUT2D eigenvalue weighted by Crippen LogP contribution is 2.32. The summed E-state index contributed by atoms with van der Waals surface area (Å²) in [5, 5.41) is 18.5. The van der Waals surface area contributed by atoms with E-state index in [0.29, 0.717) is 6.07 Å². The Hall–Kier alpha value is -1.77. The highest BCUT2D eigenvalue weighted by molar-refractivity contribution is 9.10. The number of carboxylic acids is 1. The van der Waals surface area contributed by atoms with Crippen molar-refractivity contribution in [3.63, 3.8) is 0 Å². The third-order valence-electron chi connectivity index (χ3n) is 1.61. The predicted molar refractivity (Wildman–Crippen MR) is 54.0 cm³/mol. The van der Waals surface area contributed by atoms with Crippen LogP contribution >= 0.6 is 15.9 Å². The van der Waals surface area contributed by atoms with Crippen LogP contribution in [0.5, 0.6) is 5.75 Å². The maximum absolute atomic E-state index is 12.7. The molecule has 0 fully saturated rings. The second kappa shape index (κ2) is 4.62. The van der Waals surface area contributed by atoms with Crippen molar-refractivity contribution in [1.29, 1.82) is 0 Å². The predicted octanol–water partition coefficient (Wildman–Crippen LogP) is 2.41. The Morgan fingerprint density at radius 2 is 2.12 bits per heavy atom. The summed E-state index contributed by atoms with van der Waals surface area (Å²) in [4.78, 5) is 19.7. The van der Waals surface area contributed by atoms with Crippen LogP contribution in [0.15, 0.2) is 22.7 Å². The van der Waals surface area contributed by atoms with E-state index in [1.165, 1.54) is 0 Å². The number of aliphatic carboxylic acids is 1. The topological polar surface area (TPSA) is 89.7 Å². The largest absolute Gasteiger partial charge is 0.501 e. The number of nitro groups is 1. The van der Waals surface area contributed by atoms with Gasteiger partial charge in [0.1, 0.15) is 5.75 Å². The first-order valence-corrected chi connectivity index (χ1v) is 4.77. The highest BCUT2D eigenvalue weighted by Gasteiger charge is 2.43. The lowest BCUT2D eigenvalue weighted by Crippen LogP contribution is -2.34. The lowest BCUT2D eigenvalue weighted by atomic mass is 10.3. The molecule has 0 bridgehead atoms. The van der Waals surface area contributed by atoms with E-state index in [1.807, 2.05) is 0 Å². The molecule has 0 aliphatic heterocycles. The number of ether oxygens (including phenoxy) is 1. The molecule has 0 aliphatic carbocycles. The molecule has 0 aliphatic rings. The molecular formula is C8H4BrF2NO5. The zero-order chi connectivity index (χ0) is 13.2. The number of benzene rings is 1. The smallest absolute Gasteiger partial charge is 0.474 e. The summed E-state index contributed by atoms with van der Waals surface area (Å²) >= 11 is 2.81. The number of carboxylic acid groups (broad SMARTS) is 1. The van der Waals surface area contributed by atoms with E-state index in [4.69, 9.17) is 5.11 Å². The van der Waals surface area contributed by atoms with Crippen LogP contribution in [0, 0.1) is 10.1 Å². The zero-order valence-corrected chi connectivity index (χ0v) is 9.48. The van der Waals surface area contributed by atoms with Crippen LogP contribution in [0.3, 0.4) is 0 Å². The number of non-ortho nitro benzene ring substituents is 1. The van der Waals surface area contributed by atoms with Gasteiger partial charge < -0.3 is 9.84 Å². The van der Waals surface area contributed by atoms with Gasteiger partial charge in [-0.25, -0.2) is 4.79 Å². The van der Waals surface area contributed by atoms with Crippen molar-refractivity contribution in [1.82, 2.24) is 0 Å². The molecule has 92 valence electrons. The summed E-state index contributed by atoms with van der Waals surface area (Å²) in [5.41, 5.74) is -0.496. The van der Waals surface area contributed by atoms with E-state index in [9.17, 15) is 23.7 Å². The zero-order valence-electron chi connectivity index (χ0n) is 7.89. The summed E-state index contributed by atoms with van der Waals surface area (Å²) < 4.78 is 29.3. The van der Waals surface area contributed by atoms with Crippen LogP contribution in [-0.4, -0.2) is 22.1 Å². The molecule has 0 heterocycles. The van der Waals surface area contributed by atoms with Crippen LogP contribution in [0.4, 0.5) is 14.5 Å². The van der Waals surface area contributed by atoms with E-state index >= 15 is 0 Å². The minimum absolute atomic E-state index is 0.0241. The molecule has 1 aromatic rings. The summed E-state index contributed by atoms with van der Waals surface area (Å²) in [6, 6.07) is 2.85. The third-order valence-corrected chi connectivity index (χ3v) is 2.27. The molecule has 0 atom stereocenters. The van der Waals surface area contributed by atoms with Crippen molar-refractivity contribution >= 4 is 27.6 Å². The first-order valence-electron chi connectivity index (χ1n) is 3.98. The average molecular weight is 312 g/mol. The van der Waals surface area contributed by atoms with E-state index in [1.54, 1.807) is 0 Å². The number of hydrogen-bond acceptors (Lipinski definition) is 4. The second-order valence-electron chi connectivity index (χ2n) is 2.80. The first-order chi connectivity index (χ1) is 7.74. The Balaban J connectivity index is 3.10. The molecule has 9 heteroatoms. The SMILES string of the molecule is O=C(O)C(F)(F)Oc1cc([N+](=O)[O-])ccc1Br. The molecule has 0 spiro atoms. The molecule has 1 aromatic carbocycles. The molecule has 0 unspecified atom stereocenters. The van der Waals surface area contributed by atoms with Crippen molar-refractivity contribution < 1.29 is 28.3 Å². The molecule has 6 nitrogen and oxygen atoms in total. The van der Waals surface area contributed by atoms with Crippen LogP contribution < -0.4 is 4.74 Å². The maximum atomic E-state index is 12.7. The molecule has 0 saturated carbocycles. The third kappa shape index (κ3) is 3.09. The maximum Gasteiger partial charge on any atom is 0.501 e. The molecule has 0 aromatic heterocycles. The van der Waals surface area contributed by atoms with Crippen molar-refractivity contribution in [3.05, 3.63) is 32.8 Å². The standard InChI is InChI=1S/C8H4BrF2NO5/c9-5-2-1-4(12(15)16)3-6(5)17-8(10,11)7(13)14/h1-3H,(H,13,14). The molecule has 0 amide bonds. The van der Waals surface area contributed by atoms with Gasteiger partial charge in [0, 0.05) is 6.07 Å². The average Bonchev–Trinajstić information content (AvgIpc) is 2.20. The van der Waals surface area contributed by atoms with Crippen LogP contribution in [-0.2, 0) is 4.79 Å². The van der Waals surface area contributed by atoms with Gasteiger partial charge in [-0.3, -0.25) is 10.1 Å². The van der Waals surface area contributed by atoms with Crippen LogP contribution in [0.1, 0.15) is 0 Å². The quantitative estimate of drug-likeness (QED) is 0.681. The number of rotatable bonds is 4. The fourth-order valence-electron chi connectivity index (χ4n) is 0.866. The normalized spacial score (nSPS) is 11.0. The Morgan fingerprint density at radius 1 is 1.53 bits per heavy atom. The fraction of sp³-hybridized carbons (Fsp3) is 0.125. The molecule has 1 rings (SSSR count). The molecule has 1 N–H and O–H groups in total. The van der Waals surface area contributed by atoms with Crippen molar-refractivity contribution in [2.75, 3.05) is 0 Å². The second-order valence-corrected chi connectivity index (χ2v) is 3.65. The van der Waals surface area contributed by atoms with Gasteiger partial charge in [0.25, 0.3) is 5.69 Å². The van der Waals surface area contributed by atoms with Gasteiger partial charge in [0.15, 0.2) is 0 Å². The molecule has 0 radical (unpaired) electrons. The van der Waals surface area contributed by atoms with Gasteiger partial charge in [0.05, 0.1) is 15.5 Å². The highest BCUT2D eigenvalue weighted by atomic mass is 79.9. The summed E-state index contributed by atoms with van der Waals surface area (Å²) in [5.74, 6) is -3.12. The van der Waals surface area contributed by atoms with Gasteiger partial charge in [-0.05, 0) is 22.0 Å². The van der Waals surface area contributed by atoms with Gasteiger partial charge in [-0.1, -0.05) is 0 Å². The van der Waals surface area contributed by atoms with Gasteiger partial charge >= 0.3 is 12.1 Å². The summed E-state index contributed by atoms with van der Waals surface area (Å²) in [6.07, 6.45) is -4.46. The molecular weight excluding hydrogens is 308 g/mol. The van der Waals surface area contributed by atoms with Gasteiger partial charge in [0.2, 0.25) is 0 Å². The van der Waals surface area contributed by atoms with E-state index < -0.39 is 28.4 Å². The van der Waals surface area contributed by atoms with E-state index in [2.05, 4.69) is 20.7 Å². The van der Waals surface area contributed by atoms with Crippen molar-refractivity contribution in [3.8, 4) is 5.75 Å². The summed E-state index contributed by atoms with van der Waals surface area (Å²) in [6.45, 7) is 0. The Bertz CT molecular complexity index is 479. The van der Waals surface area contributed by atoms with E-state index in [-0.39, 0.29) is 4.47 Å².